The zero-order chi connectivity index (χ0) is 24.9. The highest BCUT2D eigenvalue weighted by Gasteiger charge is 2.37. The maximum Gasteiger partial charge on any atom is 0.234 e. The molecule has 0 aromatic rings. The van der Waals surface area contributed by atoms with Gasteiger partial charge < -0.3 is 50.0 Å². The maximum absolute atomic E-state index is 12.2. The van der Waals surface area contributed by atoms with Crippen molar-refractivity contribution in [3.05, 3.63) is 0 Å². The standard InChI is InChI=1S/C21H39N3O10/c1-2-24(11-17(28)22-5-8-32-20-15(26)4-3-7-31-20)12-18(29)23-6-9-33-21-19(30)16(27)10-14(13-25)34-21/h14-16,19-21,25-27,30H,2-13H2,1H3,(H,22,28)(H,23,29). The Morgan fingerprint density at radius 2 is 1.62 bits per heavy atom. The smallest absolute Gasteiger partial charge is 0.234 e. The summed E-state index contributed by atoms with van der Waals surface area (Å²) in [5, 5.41) is 44.0. The van der Waals surface area contributed by atoms with Gasteiger partial charge in [-0.1, -0.05) is 6.92 Å². The molecule has 0 aliphatic carbocycles. The molecule has 13 nitrogen and oxygen atoms in total. The van der Waals surface area contributed by atoms with Crippen molar-refractivity contribution in [1.29, 1.82) is 0 Å². The Morgan fingerprint density at radius 1 is 1.00 bits per heavy atom. The van der Waals surface area contributed by atoms with Gasteiger partial charge in [0, 0.05) is 26.1 Å². The number of hydrogen-bond donors (Lipinski definition) is 6. The van der Waals surface area contributed by atoms with Gasteiger partial charge in [0.15, 0.2) is 12.6 Å². The number of aliphatic hydroxyl groups is 4. The van der Waals surface area contributed by atoms with E-state index in [9.17, 15) is 24.9 Å². The third-order valence-electron chi connectivity index (χ3n) is 5.54. The number of nitrogens with zero attached hydrogens (tertiary/aromatic N) is 1. The highest BCUT2D eigenvalue weighted by Crippen LogP contribution is 2.21. The lowest BCUT2D eigenvalue weighted by Gasteiger charge is -2.36. The summed E-state index contributed by atoms with van der Waals surface area (Å²) in [6.45, 7) is 3.23. The van der Waals surface area contributed by atoms with Crippen molar-refractivity contribution in [3.8, 4) is 0 Å². The molecule has 6 N–H and O–H groups in total. The first-order valence-electron chi connectivity index (χ1n) is 11.7. The van der Waals surface area contributed by atoms with Gasteiger partial charge in [0.2, 0.25) is 11.8 Å². The molecule has 2 saturated heterocycles. The van der Waals surface area contributed by atoms with Crippen molar-refractivity contribution in [2.45, 2.75) is 63.2 Å². The zero-order valence-corrected chi connectivity index (χ0v) is 19.6. The van der Waals surface area contributed by atoms with Crippen LogP contribution >= 0.6 is 0 Å². The lowest BCUT2D eigenvalue weighted by molar-refractivity contribution is -0.270. The molecule has 0 spiro atoms. The quantitative estimate of drug-likeness (QED) is 0.135. The van der Waals surface area contributed by atoms with Gasteiger partial charge in [0.25, 0.3) is 0 Å². The van der Waals surface area contributed by atoms with E-state index in [1.54, 1.807) is 4.90 Å². The Labute approximate surface area is 199 Å². The van der Waals surface area contributed by atoms with E-state index in [1.165, 1.54) is 0 Å². The molecule has 198 valence electrons. The highest BCUT2D eigenvalue weighted by molar-refractivity contribution is 5.81. The average molecular weight is 494 g/mol. The van der Waals surface area contributed by atoms with Crippen LogP contribution < -0.4 is 10.6 Å². The van der Waals surface area contributed by atoms with E-state index in [4.69, 9.17) is 24.1 Å². The fourth-order valence-electron chi connectivity index (χ4n) is 3.60. The predicted octanol–water partition coefficient (Wildman–Crippen LogP) is -3.10. The monoisotopic (exact) mass is 493 g/mol. The van der Waals surface area contributed by atoms with Crippen LogP contribution in [-0.4, -0.2) is 133 Å². The molecule has 0 radical (unpaired) electrons. The van der Waals surface area contributed by atoms with E-state index in [1.807, 2.05) is 6.92 Å². The van der Waals surface area contributed by atoms with E-state index in [-0.39, 0.29) is 64.2 Å². The summed E-state index contributed by atoms with van der Waals surface area (Å²) >= 11 is 0. The van der Waals surface area contributed by atoms with Crippen molar-refractivity contribution >= 4 is 11.8 Å². The van der Waals surface area contributed by atoms with Crippen LogP contribution in [0.5, 0.6) is 0 Å². The van der Waals surface area contributed by atoms with E-state index in [2.05, 4.69) is 10.6 Å². The van der Waals surface area contributed by atoms with Crippen LogP contribution in [0.4, 0.5) is 0 Å². The molecular formula is C21H39N3O10. The number of amides is 2. The molecule has 0 aromatic carbocycles. The third-order valence-corrected chi connectivity index (χ3v) is 5.54. The number of likely N-dealkylation sites (N-methyl/N-ethyl adjacent to an activating group) is 1. The molecule has 2 rings (SSSR count). The molecule has 0 saturated carbocycles. The van der Waals surface area contributed by atoms with E-state index >= 15 is 0 Å². The molecule has 2 amide bonds. The predicted molar refractivity (Wildman–Crippen MR) is 117 cm³/mol. The van der Waals surface area contributed by atoms with Crippen molar-refractivity contribution in [2.75, 3.05) is 59.2 Å². The number of nitrogens with one attached hydrogen (secondary N) is 2. The maximum atomic E-state index is 12.2. The lowest BCUT2D eigenvalue weighted by Crippen LogP contribution is -2.51. The third kappa shape index (κ3) is 10.1. The summed E-state index contributed by atoms with van der Waals surface area (Å²) in [5.74, 6) is -0.560. The molecule has 0 aromatic heterocycles. The minimum absolute atomic E-state index is 0.0103. The molecular weight excluding hydrogens is 454 g/mol. The topological polar surface area (TPSA) is 179 Å². The summed E-state index contributed by atoms with van der Waals surface area (Å²) in [4.78, 5) is 26.0. The highest BCUT2D eigenvalue weighted by atomic mass is 16.7. The number of hydrogen-bond acceptors (Lipinski definition) is 11. The van der Waals surface area contributed by atoms with Crippen molar-refractivity contribution in [3.63, 3.8) is 0 Å². The van der Waals surface area contributed by atoms with Crippen LogP contribution in [0.3, 0.4) is 0 Å². The van der Waals surface area contributed by atoms with Gasteiger partial charge in [0.1, 0.15) is 12.2 Å². The first kappa shape index (κ1) is 28.8. The van der Waals surface area contributed by atoms with Gasteiger partial charge in [-0.15, -0.1) is 0 Å². The van der Waals surface area contributed by atoms with Crippen molar-refractivity contribution in [2.24, 2.45) is 0 Å². The second kappa shape index (κ2) is 15.5. The number of rotatable bonds is 14. The number of ether oxygens (including phenoxy) is 4. The van der Waals surface area contributed by atoms with Gasteiger partial charge in [0.05, 0.1) is 45.1 Å². The van der Waals surface area contributed by atoms with Crippen molar-refractivity contribution < 1.29 is 49.0 Å². The Balaban J connectivity index is 1.57. The van der Waals surface area contributed by atoms with Gasteiger partial charge in [-0.3, -0.25) is 14.5 Å². The van der Waals surface area contributed by atoms with Crippen LogP contribution in [0.2, 0.25) is 0 Å². The molecule has 2 aliphatic rings. The van der Waals surface area contributed by atoms with Gasteiger partial charge in [-0.25, -0.2) is 0 Å². The van der Waals surface area contributed by atoms with Crippen LogP contribution in [0.1, 0.15) is 26.2 Å². The Hall–Kier alpha value is -1.42. The fourth-order valence-corrected chi connectivity index (χ4v) is 3.60. The minimum Gasteiger partial charge on any atom is -0.394 e. The minimum atomic E-state index is -1.24. The van der Waals surface area contributed by atoms with Gasteiger partial charge >= 0.3 is 0 Å². The SMILES string of the molecule is CCN(CC(=O)NCCOC1OCCCC1O)CC(=O)NCCOC1OC(CO)CC(O)C1O. The Morgan fingerprint density at radius 3 is 2.18 bits per heavy atom. The van der Waals surface area contributed by atoms with Gasteiger partial charge in [-0.05, 0) is 19.4 Å². The lowest BCUT2D eigenvalue weighted by atomic mass is 10.0. The molecule has 13 heteroatoms. The van der Waals surface area contributed by atoms with Crippen LogP contribution in [0.25, 0.3) is 0 Å². The largest absolute Gasteiger partial charge is 0.394 e. The summed E-state index contributed by atoms with van der Waals surface area (Å²) in [7, 11) is 0. The summed E-state index contributed by atoms with van der Waals surface area (Å²) in [6.07, 6.45) is -3.82. The second-order valence-electron chi connectivity index (χ2n) is 8.30. The Kier molecular flexibility index (Phi) is 13.2. The summed E-state index contributed by atoms with van der Waals surface area (Å²) < 4.78 is 21.5. The second-order valence-corrected chi connectivity index (χ2v) is 8.30. The number of aliphatic hydroxyl groups excluding tert-OH is 4. The molecule has 6 atom stereocenters. The molecule has 0 bridgehead atoms. The summed E-state index contributed by atoms with van der Waals surface area (Å²) in [5.41, 5.74) is 0. The zero-order valence-electron chi connectivity index (χ0n) is 19.6. The molecule has 2 fully saturated rings. The number of carbonyl (C=O) groups excluding carboxylic acids is 2. The van der Waals surface area contributed by atoms with Crippen molar-refractivity contribution in [1.82, 2.24) is 15.5 Å². The van der Waals surface area contributed by atoms with Crippen LogP contribution in [-0.2, 0) is 28.5 Å². The van der Waals surface area contributed by atoms with E-state index in [0.717, 1.165) is 6.42 Å². The molecule has 2 heterocycles. The normalized spacial score (nSPS) is 29.7. The fraction of sp³-hybridized carbons (Fsp3) is 0.905. The average Bonchev–Trinajstić information content (AvgIpc) is 2.82. The molecule has 2 aliphatic heterocycles. The van der Waals surface area contributed by atoms with Crippen LogP contribution in [0, 0.1) is 0 Å². The van der Waals surface area contributed by atoms with Crippen LogP contribution in [0.15, 0.2) is 0 Å². The first-order chi connectivity index (χ1) is 16.3. The van der Waals surface area contributed by atoms with E-state index in [0.29, 0.717) is 19.6 Å². The Bertz CT molecular complexity index is 613. The first-order valence-corrected chi connectivity index (χ1v) is 11.7. The summed E-state index contributed by atoms with van der Waals surface area (Å²) in [6, 6.07) is 0. The number of carbonyl (C=O) groups is 2. The molecule has 6 unspecified atom stereocenters. The molecule has 34 heavy (non-hydrogen) atoms. The van der Waals surface area contributed by atoms with E-state index < -0.39 is 37.0 Å². The van der Waals surface area contributed by atoms with Gasteiger partial charge in [-0.2, -0.15) is 0 Å².